The van der Waals surface area contributed by atoms with Crippen molar-refractivity contribution in [3.63, 3.8) is 0 Å². The summed E-state index contributed by atoms with van der Waals surface area (Å²) in [7, 11) is 0. The van der Waals surface area contributed by atoms with Crippen LogP contribution in [0.15, 0.2) is 30.3 Å². The van der Waals surface area contributed by atoms with Gasteiger partial charge in [0.25, 0.3) is 0 Å². The van der Waals surface area contributed by atoms with Crippen LogP contribution in [0.3, 0.4) is 0 Å². The molecule has 2 aliphatic heterocycles. The molecule has 2 atom stereocenters. The third-order valence-electron chi connectivity index (χ3n) is 4.41. The summed E-state index contributed by atoms with van der Waals surface area (Å²) in [6, 6.07) is 9.85. The molecular weight excluding hydrogens is 292 g/mol. The summed E-state index contributed by atoms with van der Waals surface area (Å²) in [5.41, 5.74) is 0.580. The van der Waals surface area contributed by atoms with Gasteiger partial charge in [-0.2, -0.15) is 0 Å². The normalized spacial score (nSPS) is 24.0. The number of likely N-dealkylation sites (tertiary alicyclic amines) is 2. The Labute approximate surface area is 137 Å². The number of hydrogen-bond acceptors (Lipinski definition) is 3. The highest BCUT2D eigenvalue weighted by molar-refractivity contribution is 5.88. The molecular formula is C18H24N2O3. The van der Waals surface area contributed by atoms with Crippen LogP contribution in [0.1, 0.15) is 39.2 Å². The molecule has 2 fully saturated rings. The molecule has 0 unspecified atom stereocenters. The van der Waals surface area contributed by atoms with E-state index in [0.29, 0.717) is 19.5 Å². The number of fused-ring (bicyclic) bond motifs is 2. The van der Waals surface area contributed by atoms with Gasteiger partial charge in [-0.3, -0.25) is 9.69 Å². The first-order valence-corrected chi connectivity index (χ1v) is 8.19. The van der Waals surface area contributed by atoms with Gasteiger partial charge in [-0.25, -0.2) is 4.79 Å². The number of hydrogen-bond donors (Lipinski definition) is 0. The van der Waals surface area contributed by atoms with Crippen LogP contribution >= 0.6 is 0 Å². The Kier molecular flexibility index (Phi) is 4.04. The number of piperidine rings is 1. The van der Waals surface area contributed by atoms with Gasteiger partial charge in [-0.1, -0.05) is 30.3 Å². The smallest absolute Gasteiger partial charge is 0.410 e. The van der Waals surface area contributed by atoms with Gasteiger partial charge >= 0.3 is 6.09 Å². The van der Waals surface area contributed by atoms with Crippen LogP contribution in [-0.4, -0.2) is 46.0 Å². The molecule has 2 saturated heterocycles. The zero-order valence-electron chi connectivity index (χ0n) is 14.0. The van der Waals surface area contributed by atoms with Gasteiger partial charge in [0.15, 0.2) is 0 Å². The molecule has 0 aromatic heterocycles. The van der Waals surface area contributed by atoms with Gasteiger partial charge in [0.05, 0.1) is 0 Å². The Morgan fingerprint density at radius 3 is 2.61 bits per heavy atom. The average Bonchev–Trinajstić information content (AvgIpc) is 2.72. The lowest BCUT2D eigenvalue weighted by molar-refractivity contribution is -0.132. The van der Waals surface area contributed by atoms with Crippen molar-refractivity contribution in [2.75, 3.05) is 6.54 Å². The molecule has 0 radical (unpaired) electrons. The van der Waals surface area contributed by atoms with Gasteiger partial charge in [-0.05, 0) is 39.2 Å². The van der Waals surface area contributed by atoms with Gasteiger partial charge in [0.2, 0.25) is 5.91 Å². The van der Waals surface area contributed by atoms with Crippen LogP contribution in [0.5, 0.6) is 0 Å². The Morgan fingerprint density at radius 2 is 1.96 bits per heavy atom. The maximum absolute atomic E-state index is 12.7. The van der Waals surface area contributed by atoms with Crippen LogP contribution in [0, 0.1) is 0 Å². The van der Waals surface area contributed by atoms with Crippen molar-refractivity contribution in [2.45, 2.75) is 57.8 Å². The highest BCUT2D eigenvalue weighted by Gasteiger charge is 2.48. The first kappa shape index (κ1) is 15.8. The Bertz CT molecular complexity index is 594. The first-order valence-electron chi connectivity index (χ1n) is 8.19. The van der Waals surface area contributed by atoms with E-state index in [0.717, 1.165) is 12.0 Å². The Morgan fingerprint density at radius 1 is 1.26 bits per heavy atom. The summed E-state index contributed by atoms with van der Waals surface area (Å²) in [5.74, 6) is 0.0437. The minimum atomic E-state index is -0.542. The van der Waals surface area contributed by atoms with Crippen molar-refractivity contribution in [1.82, 2.24) is 9.80 Å². The number of rotatable bonds is 2. The highest BCUT2D eigenvalue weighted by atomic mass is 16.6. The SMILES string of the molecule is CC(C)(C)OC(=O)N1CC[C@H]2C[C@H]1C(=O)N2Cc1ccccc1. The fourth-order valence-electron chi connectivity index (χ4n) is 3.36. The quantitative estimate of drug-likeness (QED) is 0.843. The molecule has 3 rings (SSSR count). The number of ether oxygens (including phenoxy) is 1. The fourth-order valence-corrected chi connectivity index (χ4v) is 3.36. The number of benzene rings is 1. The van der Waals surface area contributed by atoms with E-state index in [2.05, 4.69) is 0 Å². The summed E-state index contributed by atoms with van der Waals surface area (Å²) < 4.78 is 5.45. The maximum atomic E-state index is 12.7. The lowest BCUT2D eigenvalue weighted by atomic mass is 10.0. The second-order valence-electron chi connectivity index (χ2n) is 7.32. The van der Waals surface area contributed by atoms with Crippen molar-refractivity contribution >= 4 is 12.0 Å². The predicted molar refractivity (Wildman–Crippen MR) is 86.7 cm³/mol. The molecule has 23 heavy (non-hydrogen) atoms. The van der Waals surface area contributed by atoms with Gasteiger partial charge < -0.3 is 9.64 Å². The summed E-state index contributed by atoms with van der Waals surface area (Å²) in [6.45, 7) is 6.73. The van der Waals surface area contributed by atoms with Crippen molar-refractivity contribution in [3.8, 4) is 0 Å². The largest absolute Gasteiger partial charge is 0.444 e. The molecule has 1 aromatic rings. The van der Waals surface area contributed by atoms with E-state index in [-0.39, 0.29) is 24.1 Å². The van der Waals surface area contributed by atoms with E-state index < -0.39 is 5.60 Å². The van der Waals surface area contributed by atoms with Crippen molar-refractivity contribution in [2.24, 2.45) is 0 Å². The van der Waals surface area contributed by atoms with Gasteiger partial charge in [0.1, 0.15) is 11.6 Å². The van der Waals surface area contributed by atoms with E-state index in [1.54, 1.807) is 4.90 Å². The van der Waals surface area contributed by atoms with Crippen LogP contribution in [0.2, 0.25) is 0 Å². The molecule has 2 amide bonds. The van der Waals surface area contributed by atoms with E-state index >= 15 is 0 Å². The van der Waals surface area contributed by atoms with Crippen molar-refractivity contribution in [3.05, 3.63) is 35.9 Å². The van der Waals surface area contributed by atoms with Crippen LogP contribution in [0.25, 0.3) is 0 Å². The van der Waals surface area contributed by atoms with E-state index in [4.69, 9.17) is 4.74 Å². The predicted octanol–water partition coefficient (Wildman–Crippen LogP) is 2.80. The van der Waals surface area contributed by atoms with Crippen LogP contribution in [-0.2, 0) is 16.1 Å². The molecule has 2 aliphatic rings. The number of amides is 2. The fraction of sp³-hybridized carbons (Fsp3) is 0.556. The zero-order chi connectivity index (χ0) is 16.6. The average molecular weight is 316 g/mol. The van der Waals surface area contributed by atoms with Crippen molar-refractivity contribution < 1.29 is 14.3 Å². The standard InChI is InChI=1S/C18H24N2O3/c1-18(2,3)23-17(22)19-10-9-14-11-15(19)16(21)20(14)12-13-7-5-4-6-8-13/h4-8,14-15H,9-12H2,1-3H3/t14-,15-/m0/s1. The lowest BCUT2D eigenvalue weighted by Crippen LogP contribution is -2.48. The maximum Gasteiger partial charge on any atom is 0.410 e. The molecule has 5 heteroatoms. The van der Waals surface area contributed by atoms with Crippen molar-refractivity contribution in [1.29, 1.82) is 0 Å². The second kappa shape index (κ2) is 5.87. The molecule has 0 spiro atoms. The van der Waals surface area contributed by atoms with Crippen LogP contribution < -0.4 is 0 Å². The highest BCUT2D eigenvalue weighted by Crippen LogP contribution is 2.33. The molecule has 2 bridgehead atoms. The topological polar surface area (TPSA) is 49.9 Å². The first-order chi connectivity index (χ1) is 10.8. The molecule has 5 nitrogen and oxygen atoms in total. The second-order valence-corrected chi connectivity index (χ2v) is 7.32. The Hall–Kier alpha value is -2.04. The molecule has 0 aliphatic carbocycles. The minimum Gasteiger partial charge on any atom is -0.444 e. The number of carbonyl (C=O) groups excluding carboxylic acids is 2. The zero-order valence-corrected chi connectivity index (χ0v) is 14.0. The monoisotopic (exact) mass is 316 g/mol. The summed E-state index contributed by atoms with van der Waals surface area (Å²) >= 11 is 0. The van der Waals surface area contributed by atoms with Crippen LogP contribution in [0.4, 0.5) is 4.79 Å². The Balaban J connectivity index is 1.71. The number of nitrogens with zero attached hydrogens (tertiary/aromatic N) is 2. The van der Waals surface area contributed by atoms with E-state index in [1.807, 2.05) is 56.0 Å². The summed E-state index contributed by atoms with van der Waals surface area (Å²) in [6.07, 6.45) is 1.15. The molecule has 124 valence electrons. The summed E-state index contributed by atoms with van der Waals surface area (Å²) in [4.78, 5) is 28.6. The molecule has 1 aromatic carbocycles. The third-order valence-corrected chi connectivity index (χ3v) is 4.41. The van der Waals surface area contributed by atoms with E-state index in [1.165, 1.54) is 0 Å². The van der Waals surface area contributed by atoms with Gasteiger partial charge in [0, 0.05) is 19.1 Å². The minimum absolute atomic E-state index is 0.0437. The third kappa shape index (κ3) is 3.33. The molecule has 2 heterocycles. The van der Waals surface area contributed by atoms with Gasteiger partial charge in [-0.15, -0.1) is 0 Å². The molecule has 0 saturated carbocycles. The lowest BCUT2D eigenvalue weighted by Gasteiger charge is -2.33. The van der Waals surface area contributed by atoms with E-state index in [9.17, 15) is 9.59 Å². The summed E-state index contributed by atoms with van der Waals surface area (Å²) in [5, 5.41) is 0. The molecule has 0 N–H and O–H groups in total. The number of carbonyl (C=O) groups is 2.